The average Bonchev–Trinajstić information content (AvgIpc) is 3.01. The number of carbonyl (C=O) groups excluding carboxylic acids is 4. The van der Waals surface area contributed by atoms with E-state index in [1.807, 2.05) is 0 Å². The Morgan fingerprint density at radius 3 is 2.24 bits per heavy atom. The van der Waals surface area contributed by atoms with E-state index >= 15 is 0 Å². The highest BCUT2D eigenvalue weighted by atomic mass is 16.5. The van der Waals surface area contributed by atoms with Gasteiger partial charge in [-0.2, -0.15) is 0 Å². The highest BCUT2D eigenvalue weighted by Crippen LogP contribution is 2.21. The van der Waals surface area contributed by atoms with Crippen LogP contribution in [0.25, 0.3) is 0 Å². The summed E-state index contributed by atoms with van der Waals surface area (Å²) in [7, 11) is 1.26. The van der Waals surface area contributed by atoms with Gasteiger partial charge in [0.25, 0.3) is 5.91 Å². The molecule has 0 bridgehead atoms. The number of amides is 1. The molecule has 2 rings (SSSR count). The first-order valence-electron chi connectivity index (χ1n) is 9.05. The zero-order chi connectivity index (χ0) is 21.7. The minimum absolute atomic E-state index is 0.171. The number of carbonyl (C=O) groups is 4. The number of ether oxygens (including phenoxy) is 2. The number of esters is 2. The summed E-state index contributed by atoms with van der Waals surface area (Å²) in [5.74, 6) is -2.22. The predicted octanol–water partition coefficient (Wildman–Crippen LogP) is 2.35. The van der Waals surface area contributed by atoms with Gasteiger partial charge in [-0.15, -0.1) is 0 Å². The molecule has 1 aromatic heterocycles. The van der Waals surface area contributed by atoms with Crippen molar-refractivity contribution in [3.8, 4) is 0 Å². The molecule has 2 aromatic rings. The lowest BCUT2D eigenvalue weighted by molar-refractivity contribution is -0.148. The van der Waals surface area contributed by atoms with Gasteiger partial charge >= 0.3 is 11.9 Å². The van der Waals surface area contributed by atoms with Crippen LogP contribution in [0.3, 0.4) is 0 Å². The molecule has 0 aliphatic rings. The Kier molecular flexibility index (Phi) is 6.93. The van der Waals surface area contributed by atoms with Crippen LogP contribution in [0.5, 0.6) is 0 Å². The highest BCUT2D eigenvalue weighted by molar-refractivity contribution is 6.04. The van der Waals surface area contributed by atoms with E-state index in [0.29, 0.717) is 16.8 Å². The normalized spacial score (nSPS) is 12.6. The Morgan fingerprint density at radius 2 is 1.66 bits per heavy atom. The van der Waals surface area contributed by atoms with Gasteiger partial charge in [0.05, 0.1) is 18.4 Å². The fraction of sp³-hybridized carbons (Fsp3) is 0.333. The lowest BCUT2D eigenvalue weighted by Crippen LogP contribution is -2.41. The zero-order valence-electron chi connectivity index (χ0n) is 17.0. The lowest BCUT2D eigenvalue weighted by atomic mass is 10.1. The molecule has 0 saturated heterocycles. The third-order valence-corrected chi connectivity index (χ3v) is 4.47. The Hall–Kier alpha value is -3.42. The van der Waals surface area contributed by atoms with Gasteiger partial charge in [0, 0.05) is 11.3 Å². The number of ketones is 1. The summed E-state index contributed by atoms with van der Waals surface area (Å²) in [6.07, 6.45) is -1.11. The quantitative estimate of drug-likeness (QED) is 0.545. The number of hydrogen-bond acceptors (Lipinski definition) is 6. The topological polar surface area (TPSA) is 115 Å². The molecule has 0 aliphatic carbocycles. The molecule has 2 N–H and O–H groups in total. The summed E-state index contributed by atoms with van der Waals surface area (Å²) in [4.78, 5) is 51.9. The summed E-state index contributed by atoms with van der Waals surface area (Å²) in [6, 6.07) is 7.49. The maximum absolute atomic E-state index is 12.7. The number of rotatable bonds is 7. The summed E-state index contributed by atoms with van der Waals surface area (Å²) < 4.78 is 9.94. The number of aromatic nitrogens is 1. The van der Waals surface area contributed by atoms with Crippen molar-refractivity contribution >= 4 is 23.6 Å². The second-order valence-corrected chi connectivity index (χ2v) is 6.62. The minimum Gasteiger partial charge on any atom is -0.465 e. The molecular formula is C21H24N2O6. The highest BCUT2D eigenvalue weighted by Gasteiger charge is 2.29. The molecule has 0 unspecified atom stereocenters. The number of benzene rings is 1. The van der Waals surface area contributed by atoms with E-state index < -0.39 is 35.8 Å². The summed E-state index contributed by atoms with van der Waals surface area (Å²) >= 11 is 0. The van der Waals surface area contributed by atoms with Crippen LogP contribution < -0.4 is 5.32 Å². The fourth-order valence-electron chi connectivity index (χ4n) is 2.87. The van der Waals surface area contributed by atoms with Gasteiger partial charge in [0.1, 0.15) is 6.04 Å². The van der Waals surface area contributed by atoms with Crippen LogP contribution in [-0.4, -0.2) is 47.9 Å². The van der Waals surface area contributed by atoms with Gasteiger partial charge in [-0.05, 0) is 45.4 Å². The van der Waals surface area contributed by atoms with E-state index in [1.54, 1.807) is 44.2 Å². The number of aromatic amines is 1. The zero-order valence-corrected chi connectivity index (χ0v) is 17.0. The molecule has 1 heterocycles. The van der Waals surface area contributed by atoms with Crippen molar-refractivity contribution in [1.29, 1.82) is 0 Å². The van der Waals surface area contributed by atoms with Crippen molar-refractivity contribution in [3.05, 3.63) is 58.4 Å². The third kappa shape index (κ3) is 4.90. The van der Waals surface area contributed by atoms with E-state index in [-0.39, 0.29) is 11.3 Å². The molecule has 1 amide bonds. The Labute approximate surface area is 168 Å². The first-order valence-corrected chi connectivity index (χ1v) is 9.05. The van der Waals surface area contributed by atoms with Crippen molar-refractivity contribution in [2.45, 2.75) is 39.8 Å². The average molecular weight is 400 g/mol. The van der Waals surface area contributed by atoms with Crippen LogP contribution >= 0.6 is 0 Å². The maximum atomic E-state index is 12.7. The first kappa shape index (κ1) is 21.9. The Balaban J connectivity index is 2.04. The van der Waals surface area contributed by atoms with Crippen LogP contribution in [0.15, 0.2) is 30.3 Å². The molecule has 0 spiro atoms. The van der Waals surface area contributed by atoms with Crippen molar-refractivity contribution in [1.82, 2.24) is 10.3 Å². The van der Waals surface area contributed by atoms with Crippen LogP contribution in [0.1, 0.15) is 56.3 Å². The maximum Gasteiger partial charge on any atom is 0.339 e. The first-order chi connectivity index (χ1) is 13.7. The SMILES string of the molecule is COC(=O)c1c(C)[nH]c(C(=O)[C@@H](C)OC(=O)[C@H](C)NC(=O)c2ccccc2)c1C. The molecule has 0 saturated carbocycles. The molecule has 0 fully saturated rings. The molecule has 0 radical (unpaired) electrons. The van der Waals surface area contributed by atoms with E-state index in [0.717, 1.165) is 0 Å². The smallest absolute Gasteiger partial charge is 0.339 e. The van der Waals surface area contributed by atoms with Gasteiger partial charge in [-0.1, -0.05) is 18.2 Å². The molecular weight excluding hydrogens is 376 g/mol. The number of H-pyrrole nitrogens is 1. The van der Waals surface area contributed by atoms with E-state index in [9.17, 15) is 19.2 Å². The van der Waals surface area contributed by atoms with Crippen LogP contribution in [0, 0.1) is 13.8 Å². The van der Waals surface area contributed by atoms with Crippen LogP contribution in [-0.2, 0) is 14.3 Å². The third-order valence-electron chi connectivity index (χ3n) is 4.47. The number of hydrogen-bond donors (Lipinski definition) is 2. The van der Waals surface area contributed by atoms with E-state index in [2.05, 4.69) is 10.3 Å². The van der Waals surface area contributed by atoms with Crippen molar-refractivity contribution in [3.63, 3.8) is 0 Å². The number of nitrogens with one attached hydrogen (secondary N) is 2. The van der Waals surface area contributed by atoms with E-state index in [4.69, 9.17) is 9.47 Å². The standard InChI is InChI=1S/C21H24N2O6/c1-11-16(21(27)28-5)12(2)22-17(11)18(24)14(4)29-20(26)13(3)23-19(25)15-9-7-6-8-10-15/h6-10,13-14,22H,1-5H3,(H,23,25)/t13-,14+/m0/s1. The fourth-order valence-corrected chi connectivity index (χ4v) is 2.87. The van der Waals surface area contributed by atoms with Gasteiger partial charge in [-0.3, -0.25) is 9.59 Å². The molecule has 29 heavy (non-hydrogen) atoms. The molecule has 0 aliphatic heterocycles. The van der Waals surface area contributed by atoms with Gasteiger partial charge in [0.2, 0.25) is 5.78 Å². The summed E-state index contributed by atoms with van der Waals surface area (Å²) in [5.41, 5.74) is 1.76. The second kappa shape index (κ2) is 9.18. The molecule has 8 heteroatoms. The van der Waals surface area contributed by atoms with Crippen molar-refractivity contribution < 1.29 is 28.7 Å². The number of methoxy groups -OCH3 is 1. The molecule has 8 nitrogen and oxygen atoms in total. The minimum atomic E-state index is -1.11. The Morgan fingerprint density at radius 1 is 1.03 bits per heavy atom. The number of aryl methyl sites for hydroxylation is 1. The predicted molar refractivity (Wildman–Crippen MR) is 105 cm³/mol. The van der Waals surface area contributed by atoms with Gasteiger partial charge < -0.3 is 19.8 Å². The second-order valence-electron chi connectivity index (χ2n) is 6.62. The molecule has 2 atom stereocenters. The van der Waals surface area contributed by atoms with Crippen LogP contribution in [0.2, 0.25) is 0 Å². The monoisotopic (exact) mass is 400 g/mol. The lowest BCUT2D eigenvalue weighted by Gasteiger charge is -2.17. The van der Waals surface area contributed by atoms with Gasteiger partial charge in [0.15, 0.2) is 6.10 Å². The van der Waals surface area contributed by atoms with Gasteiger partial charge in [-0.25, -0.2) is 9.59 Å². The van der Waals surface area contributed by atoms with Crippen molar-refractivity contribution in [2.75, 3.05) is 7.11 Å². The summed E-state index contributed by atoms with van der Waals surface area (Å²) in [6.45, 7) is 6.16. The largest absolute Gasteiger partial charge is 0.465 e. The van der Waals surface area contributed by atoms with Crippen molar-refractivity contribution in [2.24, 2.45) is 0 Å². The molecule has 154 valence electrons. The van der Waals surface area contributed by atoms with Crippen LogP contribution in [0.4, 0.5) is 0 Å². The number of Topliss-reactive ketones (excluding diaryl/α,β-unsaturated/α-hetero) is 1. The molecule has 1 aromatic carbocycles. The van der Waals surface area contributed by atoms with E-state index in [1.165, 1.54) is 21.0 Å². The Bertz CT molecular complexity index is 932. The summed E-state index contributed by atoms with van der Waals surface area (Å²) in [5, 5.41) is 2.53.